The van der Waals surface area contributed by atoms with E-state index in [9.17, 15) is 18.5 Å². The molecule has 21 heavy (non-hydrogen) atoms. The standard InChI is InChI=1S/C12H17N3O4S.ClH/c13-9-10-5-7-14(8-6-10)20(18,19)12-4-2-1-3-11(12)15(16)17;/h1-4,10H,5-9,13H2;1H. The van der Waals surface area contributed by atoms with Gasteiger partial charge in [0.15, 0.2) is 4.90 Å². The highest BCUT2D eigenvalue weighted by molar-refractivity contribution is 7.89. The van der Waals surface area contributed by atoms with Crippen LogP contribution in [-0.4, -0.2) is 37.3 Å². The lowest BCUT2D eigenvalue weighted by atomic mass is 9.99. The molecule has 118 valence electrons. The van der Waals surface area contributed by atoms with E-state index < -0.39 is 14.9 Å². The number of nitrogens with two attached hydrogens (primary N) is 1. The van der Waals surface area contributed by atoms with E-state index in [4.69, 9.17) is 5.73 Å². The van der Waals surface area contributed by atoms with Crippen molar-refractivity contribution in [3.63, 3.8) is 0 Å². The lowest BCUT2D eigenvalue weighted by Gasteiger charge is -2.30. The van der Waals surface area contributed by atoms with E-state index in [1.54, 1.807) is 0 Å². The molecule has 1 saturated heterocycles. The number of sulfonamides is 1. The number of nitro benzene ring substituents is 1. The van der Waals surface area contributed by atoms with Crippen LogP contribution in [0, 0.1) is 16.0 Å². The smallest absolute Gasteiger partial charge is 0.289 e. The molecule has 0 spiro atoms. The SMILES string of the molecule is Cl.NCC1CCN(S(=O)(=O)c2ccccc2[N+](=O)[O-])CC1. The van der Waals surface area contributed by atoms with Crippen LogP contribution < -0.4 is 5.73 Å². The van der Waals surface area contributed by atoms with Crippen LogP contribution in [0.15, 0.2) is 29.2 Å². The maximum atomic E-state index is 12.5. The number of para-hydroxylation sites is 1. The van der Waals surface area contributed by atoms with Gasteiger partial charge in [-0.2, -0.15) is 4.31 Å². The van der Waals surface area contributed by atoms with Crippen molar-refractivity contribution in [2.75, 3.05) is 19.6 Å². The van der Waals surface area contributed by atoms with E-state index in [1.165, 1.54) is 28.6 Å². The summed E-state index contributed by atoms with van der Waals surface area (Å²) in [5, 5.41) is 11.0. The Kier molecular flexibility index (Phi) is 6.09. The monoisotopic (exact) mass is 335 g/mol. The van der Waals surface area contributed by atoms with E-state index in [2.05, 4.69) is 0 Å². The Labute approximate surface area is 129 Å². The number of nitro groups is 1. The van der Waals surface area contributed by atoms with Crippen LogP contribution in [0.2, 0.25) is 0 Å². The van der Waals surface area contributed by atoms with Gasteiger partial charge in [0.05, 0.1) is 4.92 Å². The fourth-order valence-corrected chi connectivity index (χ4v) is 3.98. The van der Waals surface area contributed by atoms with Crippen molar-refractivity contribution in [3.05, 3.63) is 34.4 Å². The molecule has 0 aromatic heterocycles. The summed E-state index contributed by atoms with van der Waals surface area (Å²) in [7, 11) is -3.82. The van der Waals surface area contributed by atoms with Gasteiger partial charge in [-0.25, -0.2) is 8.42 Å². The quantitative estimate of drug-likeness (QED) is 0.660. The molecule has 1 fully saturated rings. The molecule has 0 bridgehead atoms. The van der Waals surface area contributed by atoms with Crippen LogP contribution in [0.5, 0.6) is 0 Å². The zero-order chi connectivity index (χ0) is 14.8. The van der Waals surface area contributed by atoms with Gasteiger partial charge in [-0.3, -0.25) is 10.1 Å². The molecule has 1 heterocycles. The number of halogens is 1. The van der Waals surface area contributed by atoms with Crippen LogP contribution in [0.25, 0.3) is 0 Å². The minimum Gasteiger partial charge on any atom is -0.330 e. The first-order valence-electron chi connectivity index (χ1n) is 6.40. The summed E-state index contributed by atoms with van der Waals surface area (Å²) in [6, 6.07) is 5.44. The van der Waals surface area contributed by atoms with E-state index in [0.717, 1.165) is 0 Å². The maximum absolute atomic E-state index is 12.5. The lowest BCUT2D eigenvalue weighted by Crippen LogP contribution is -2.40. The van der Waals surface area contributed by atoms with Gasteiger partial charge in [-0.05, 0) is 31.4 Å². The van der Waals surface area contributed by atoms with Gasteiger partial charge >= 0.3 is 0 Å². The van der Waals surface area contributed by atoms with E-state index in [0.29, 0.717) is 38.4 Å². The van der Waals surface area contributed by atoms with Crippen molar-refractivity contribution in [1.29, 1.82) is 0 Å². The van der Waals surface area contributed by atoms with Crippen LogP contribution in [0.1, 0.15) is 12.8 Å². The van der Waals surface area contributed by atoms with Crippen molar-refractivity contribution in [3.8, 4) is 0 Å². The molecule has 0 unspecified atom stereocenters. The third-order valence-electron chi connectivity index (χ3n) is 3.59. The summed E-state index contributed by atoms with van der Waals surface area (Å²) in [6.07, 6.45) is 1.38. The topological polar surface area (TPSA) is 107 Å². The first kappa shape index (κ1) is 17.8. The molecular formula is C12H18ClN3O4S. The van der Waals surface area contributed by atoms with E-state index in [-0.39, 0.29) is 23.0 Å². The largest absolute Gasteiger partial charge is 0.330 e. The second kappa shape index (κ2) is 7.17. The van der Waals surface area contributed by atoms with Crippen molar-refractivity contribution in [1.82, 2.24) is 4.31 Å². The Balaban J connectivity index is 0.00000220. The molecule has 2 N–H and O–H groups in total. The molecule has 0 radical (unpaired) electrons. The molecular weight excluding hydrogens is 318 g/mol. The first-order valence-corrected chi connectivity index (χ1v) is 7.84. The molecule has 1 aliphatic rings. The predicted molar refractivity (Wildman–Crippen MR) is 80.9 cm³/mol. The molecule has 1 aromatic carbocycles. The number of benzene rings is 1. The summed E-state index contributed by atoms with van der Waals surface area (Å²) in [5.41, 5.74) is 5.19. The molecule has 7 nitrogen and oxygen atoms in total. The Hall–Kier alpha value is -1.22. The second-order valence-corrected chi connectivity index (χ2v) is 6.71. The van der Waals surface area contributed by atoms with Crippen LogP contribution in [-0.2, 0) is 10.0 Å². The van der Waals surface area contributed by atoms with Gasteiger partial charge in [0, 0.05) is 19.2 Å². The van der Waals surface area contributed by atoms with Crippen molar-refractivity contribution < 1.29 is 13.3 Å². The van der Waals surface area contributed by atoms with Crippen molar-refractivity contribution in [2.45, 2.75) is 17.7 Å². The highest BCUT2D eigenvalue weighted by Gasteiger charge is 2.33. The Bertz CT molecular complexity index is 600. The molecule has 1 aromatic rings. The highest BCUT2D eigenvalue weighted by Crippen LogP contribution is 2.29. The van der Waals surface area contributed by atoms with Gasteiger partial charge in [0.25, 0.3) is 5.69 Å². The first-order chi connectivity index (χ1) is 9.46. The van der Waals surface area contributed by atoms with Crippen LogP contribution in [0.3, 0.4) is 0 Å². The highest BCUT2D eigenvalue weighted by atomic mass is 35.5. The second-order valence-electron chi connectivity index (χ2n) is 4.81. The third kappa shape index (κ3) is 3.70. The molecule has 2 rings (SSSR count). The zero-order valence-corrected chi connectivity index (χ0v) is 13.0. The summed E-state index contributed by atoms with van der Waals surface area (Å²) < 4.78 is 26.3. The molecule has 0 atom stereocenters. The Morgan fingerprint density at radius 3 is 2.38 bits per heavy atom. The van der Waals surface area contributed by atoms with Gasteiger partial charge in [-0.1, -0.05) is 12.1 Å². The maximum Gasteiger partial charge on any atom is 0.289 e. The normalized spacial score (nSPS) is 17.2. The number of nitrogens with zero attached hydrogens (tertiary/aromatic N) is 2. The minimum atomic E-state index is -3.82. The average Bonchev–Trinajstić information content (AvgIpc) is 2.47. The molecule has 0 aliphatic carbocycles. The average molecular weight is 336 g/mol. The van der Waals surface area contributed by atoms with Gasteiger partial charge < -0.3 is 5.73 Å². The van der Waals surface area contributed by atoms with Crippen LogP contribution in [0.4, 0.5) is 5.69 Å². The molecule has 1 aliphatic heterocycles. The summed E-state index contributed by atoms with van der Waals surface area (Å²) in [4.78, 5) is 10.0. The Morgan fingerprint density at radius 2 is 1.86 bits per heavy atom. The van der Waals surface area contributed by atoms with Gasteiger partial charge in [0.1, 0.15) is 0 Å². The fourth-order valence-electron chi connectivity index (χ4n) is 2.35. The van der Waals surface area contributed by atoms with E-state index >= 15 is 0 Å². The van der Waals surface area contributed by atoms with Gasteiger partial charge in [0.2, 0.25) is 10.0 Å². The molecule has 9 heteroatoms. The number of hydrogen-bond acceptors (Lipinski definition) is 5. The van der Waals surface area contributed by atoms with Crippen molar-refractivity contribution in [2.24, 2.45) is 11.7 Å². The Morgan fingerprint density at radius 1 is 1.29 bits per heavy atom. The van der Waals surface area contributed by atoms with Crippen molar-refractivity contribution >= 4 is 28.1 Å². The predicted octanol–water partition coefficient (Wildman–Crippen LogP) is 1.38. The minimum absolute atomic E-state index is 0. The van der Waals surface area contributed by atoms with Crippen LogP contribution >= 0.6 is 12.4 Å². The third-order valence-corrected chi connectivity index (χ3v) is 5.53. The zero-order valence-electron chi connectivity index (χ0n) is 11.3. The number of piperidine rings is 1. The summed E-state index contributed by atoms with van der Waals surface area (Å²) in [5.74, 6) is 0.326. The summed E-state index contributed by atoms with van der Waals surface area (Å²) in [6.45, 7) is 1.26. The lowest BCUT2D eigenvalue weighted by molar-refractivity contribution is -0.387. The number of hydrogen-bond donors (Lipinski definition) is 1. The van der Waals surface area contributed by atoms with Gasteiger partial charge in [-0.15, -0.1) is 12.4 Å². The fraction of sp³-hybridized carbons (Fsp3) is 0.500. The summed E-state index contributed by atoms with van der Waals surface area (Å²) >= 11 is 0. The molecule has 0 saturated carbocycles. The molecule has 0 amide bonds. The number of rotatable bonds is 4. The van der Waals surface area contributed by atoms with E-state index in [1.807, 2.05) is 0 Å².